The zero-order valence-corrected chi connectivity index (χ0v) is 14.8. The minimum absolute atomic E-state index is 0.112. The van der Waals surface area contributed by atoms with Crippen LogP contribution in [-0.2, 0) is 0 Å². The Hall–Kier alpha value is -3.46. The summed E-state index contributed by atoms with van der Waals surface area (Å²) in [5, 5.41) is 3.85. The van der Waals surface area contributed by atoms with Crippen molar-refractivity contribution < 1.29 is 13.9 Å². The highest BCUT2D eigenvalue weighted by molar-refractivity contribution is 6.23. The summed E-state index contributed by atoms with van der Waals surface area (Å²) in [6, 6.07) is 22.4. The van der Waals surface area contributed by atoms with Gasteiger partial charge in [-0.1, -0.05) is 60.7 Å². The maximum Gasteiger partial charge on any atom is 0.187 e. The van der Waals surface area contributed by atoms with Gasteiger partial charge in [0.1, 0.15) is 0 Å². The van der Waals surface area contributed by atoms with Crippen LogP contribution in [0.2, 0.25) is 0 Å². The number of carbonyl (C=O) groups is 1. The Kier molecular flexibility index (Phi) is 4.43. The maximum atomic E-state index is 13.9. The highest BCUT2D eigenvalue weighted by atomic mass is 19.1. The van der Waals surface area contributed by atoms with Gasteiger partial charge in [0.25, 0.3) is 0 Å². The third-order valence-electron chi connectivity index (χ3n) is 4.62. The molecule has 3 heteroatoms. The van der Waals surface area contributed by atoms with Crippen molar-refractivity contribution in [2.24, 2.45) is 0 Å². The van der Waals surface area contributed by atoms with Crippen molar-refractivity contribution in [1.29, 1.82) is 0 Å². The molecule has 4 aromatic rings. The van der Waals surface area contributed by atoms with Gasteiger partial charge >= 0.3 is 0 Å². The van der Waals surface area contributed by atoms with Crippen molar-refractivity contribution in [1.82, 2.24) is 0 Å². The molecular formula is C24H17FO2. The van der Waals surface area contributed by atoms with Gasteiger partial charge in [-0.3, -0.25) is 4.79 Å². The molecule has 4 aromatic carbocycles. The molecule has 0 aliphatic carbocycles. The average Bonchev–Trinajstić information content (AvgIpc) is 2.70. The minimum Gasteiger partial charge on any atom is -0.494 e. The SMILES string of the molecule is COc1ccc(/C=C/C(=O)c2c3ccccc3cc3ccccc23)cc1F. The summed E-state index contributed by atoms with van der Waals surface area (Å²) in [5.74, 6) is -0.388. The van der Waals surface area contributed by atoms with Gasteiger partial charge in [-0.25, -0.2) is 4.39 Å². The van der Waals surface area contributed by atoms with E-state index in [0.29, 0.717) is 11.1 Å². The number of ketones is 1. The molecule has 0 heterocycles. The Morgan fingerprint density at radius 1 is 0.889 bits per heavy atom. The van der Waals surface area contributed by atoms with Crippen LogP contribution in [0.3, 0.4) is 0 Å². The van der Waals surface area contributed by atoms with E-state index in [9.17, 15) is 9.18 Å². The third kappa shape index (κ3) is 3.20. The van der Waals surface area contributed by atoms with E-state index in [4.69, 9.17) is 4.74 Å². The largest absolute Gasteiger partial charge is 0.494 e. The first-order valence-electron chi connectivity index (χ1n) is 8.64. The maximum absolute atomic E-state index is 13.9. The van der Waals surface area contributed by atoms with Crippen LogP contribution in [0, 0.1) is 5.82 Å². The fourth-order valence-electron chi connectivity index (χ4n) is 3.32. The van der Waals surface area contributed by atoms with E-state index in [0.717, 1.165) is 21.5 Å². The summed E-state index contributed by atoms with van der Waals surface area (Å²) in [4.78, 5) is 13.0. The zero-order chi connectivity index (χ0) is 18.8. The van der Waals surface area contributed by atoms with Crippen molar-refractivity contribution in [2.75, 3.05) is 7.11 Å². The number of hydrogen-bond acceptors (Lipinski definition) is 2. The molecule has 27 heavy (non-hydrogen) atoms. The Morgan fingerprint density at radius 3 is 2.11 bits per heavy atom. The molecule has 0 amide bonds. The fourth-order valence-corrected chi connectivity index (χ4v) is 3.32. The summed E-state index contributed by atoms with van der Waals surface area (Å²) in [6.45, 7) is 0. The fraction of sp³-hybridized carbons (Fsp3) is 0.0417. The van der Waals surface area contributed by atoms with Crippen LogP contribution in [0.1, 0.15) is 15.9 Å². The second-order valence-corrected chi connectivity index (χ2v) is 6.29. The molecule has 2 nitrogen and oxygen atoms in total. The molecule has 0 atom stereocenters. The van der Waals surface area contributed by atoms with Crippen molar-refractivity contribution in [3.05, 3.63) is 95.8 Å². The predicted octanol–water partition coefficient (Wildman–Crippen LogP) is 6.04. The highest BCUT2D eigenvalue weighted by Crippen LogP contribution is 2.29. The number of ether oxygens (including phenoxy) is 1. The monoisotopic (exact) mass is 356 g/mol. The topological polar surface area (TPSA) is 26.3 Å². The first-order chi connectivity index (χ1) is 13.2. The third-order valence-corrected chi connectivity index (χ3v) is 4.62. The molecule has 0 bridgehead atoms. The Morgan fingerprint density at radius 2 is 1.52 bits per heavy atom. The van der Waals surface area contributed by atoms with Gasteiger partial charge in [0, 0.05) is 5.56 Å². The van der Waals surface area contributed by atoms with Crippen LogP contribution in [0.5, 0.6) is 5.75 Å². The standard InChI is InChI=1S/C24H17FO2/c1-27-23-13-11-16(14-21(23)25)10-12-22(26)24-19-8-4-2-6-17(19)15-18-7-3-5-9-20(18)24/h2-15H,1H3/b12-10+. The first-order valence-corrected chi connectivity index (χ1v) is 8.64. The van der Waals surface area contributed by atoms with Gasteiger partial charge in [0.2, 0.25) is 0 Å². The van der Waals surface area contributed by atoms with Gasteiger partial charge in [0.15, 0.2) is 17.3 Å². The molecule has 0 radical (unpaired) electrons. The molecule has 0 saturated carbocycles. The Balaban J connectivity index is 1.81. The Bertz CT molecular complexity index is 1140. The van der Waals surface area contributed by atoms with Crippen molar-refractivity contribution in [2.45, 2.75) is 0 Å². The van der Waals surface area contributed by atoms with E-state index < -0.39 is 5.82 Å². The van der Waals surface area contributed by atoms with Crippen LogP contribution in [0.4, 0.5) is 4.39 Å². The van der Waals surface area contributed by atoms with E-state index in [1.165, 1.54) is 19.3 Å². The second-order valence-electron chi connectivity index (χ2n) is 6.29. The molecule has 0 N–H and O–H groups in total. The van der Waals surface area contributed by atoms with E-state index in [1.807, 2.05) is 48.5 Å². The van der Waals surface area contributed by atoms with Crippen LogP contribution in [0.25, 0.3) is 27.6 Å². The summed E-state index contributed by atoms with van der Waals surface area (Å²) < 4.78 is 18.8. The van der Waals surface area contributed by atoms with E-state index >= 15 is 0 Å². The van der Waals surface area contributed by atoms with Crippen LogP contribution in [0.15, 0.2) is 78.9 Å². The lowest BCUT2D eigenvalue weighted by Gasteiger charge is -2.09. The van der Waals surface area contributed by atoms with Gasteiger partial charge in [-0.05, 0) is 51.4 Å². The summed E-state index contributed by atoms with van der Waals surface area (Å²) in [5.41, 5.74) is 1.26. The number of fused-ring (bicyclic) bond motifs is 2. The predicted molar refractivity (Wildman–Crippen MR) is 108 cm³/mol. The van der Waals surface area contributed by atoms with Crippen LogP contribution >= 0.6 is 0 Å². The molecule has 132 valence electrons. The van der Waals surface area contributed by atoms with Crippen LogP contribution in [-0.4, -0.2) is 12.9 Å². The lowest BCUT2D eigenvalue weighted by molar-refractivity contribution is 0.105. The molecular weight excluding hydrogens is 339 g/mol. The van der Waals surface area contributed by atoms with Crippen molar-refractivity contribution >= 4 is 33.4 Å². The number of methoxy groups -OCH3 is 1. The van der Waals surface area contributed by atoms with Crippen LogP contribution < -0.4 is 4.74 Å². The zero-order valence-electron chi connectivity index (χ0n) is 14.8. The normalized spacial score (nSPS) is 11.3. The number of halogens is 1. The molecule has 0 fully saturated rings. The van der Waals surface area contributed by atoms with Gasteiger partial charge in [-0.2, -0.15) is 0 Å². The van der Waals surface area contributed by atoms with E-state index in [2.05, 4.69) is 6.07 Å². The molecule has 0 unspecified atom stereocenters. The highest BCUT2D eigenvalue weighted by Gasteiger charge is 2.12. The number of hydrogen-bond donors (Lipinski definition) is 0. The number of allylic oxidation sites excluding steroid dienone is 1. The molecule has 0 saturated heterocycles. The molecule has 0 spiro atoms. The minimum atomic E-state index is -0.456. The quantitative estimate of drug-likeness (QED) is 0.253. The lowest BCUT2D eigenvalue weighted by Crippen LogP contribution is -1.98. The molecule has 0 aliphatic rings. The van der Waals surface area contributed by atoms with Crippen molar-refractivity contribution in [3.8, 4) is 5.75 Å². The summed E-state index contributed by atoms with van der Waals surface area (Å²) in [6.07, 6.45) is 3.12. The van der Waals surface area contributed by atoms with E-state index in [1.54, 1.807) is 18.2 Å². The molecule has 4 rings (SSSR count). The smallest absolute Gasteiger partial charge is 0.187 e. The molecule has 0 aliphatic heterocycles. The van der Waals surface area contributed by atoms with Gasteiger partial charge < -0.3 is 4.74 Å². The summed E-state index contributed by atoms with van der Waals surface area (Å²) in [7, 11) is 1.42. The van der Waals surface area contributed by atoms with E-state index in [-0.39, 0.29) is 11.5 Å². The van der Waals surface area contributed by atoms with Crippen molar-refractivity contribution in [3.63, 3.8) is 0 Å². The second kappa shape index (κ2) is 7.04. The average molecular weight is 356 g/mol. The first kappa shape index (κ1) is 17.0. The number of rotatable bonds is 4. The lowest BCUT2D eigenvalue weighted by atomic mass is 9.94. The number of benzene rings is 4. The van der Waals surface area contributed by atoms with Gasteiger partial charge in [-0.15, -0.1) is 0 Å². The summed E-state index contributed by atoms with van der Waals surface area (Å²) >= 11 is 0. The molecule has 0 aromatic heterocycles. The van der Waals surface area contributed by atoms with Gasteiger partial charge in [0.05, 0.1) is 7.11 Å². The Labute approximate surface area is 156 Å². The number of carbonyl (C=O) groups excluding carboxylic acids is 1.